The van der Waals surface area contributed by atoms with E-state index >= 15 is 0 Å². The maximum atomic E-state index is 10.6. The number of esters is 1. The molecule has 12 heavy (non-hydrogen) atoms. The Morgan fingerprint density at radius 1 is 1.67 bits per heavy atom. The van der Waals surface area contributed by atoms with Gasteiger partial charge in [0.15, 0.2) is 0 Å². The molecule has 0 radical (unpaired) electrons. The van der Waals surface area contributed by atoms with E-state index in [1.165, 1.54) is 0 Å². The van der Waals surface area contributed by atoms with Crippen molar-refractivity contribution in [3.63, 3.8) is 0 Å². The second-order valence-electron chi connectivity index (χ2n) is 2.23. The van der Waals surface area contributed by atoms with Crippen LogP contribution in [0.25, 0.3) is 0 Å². The van der Waals surface area contributed by atoms with Gasteiger partial charge >= 0.3 is 5.97 Å². The number of nitrogens with zero attached hydrogens (tertiary/aromatic N) is 1. The van der Waals surface area contributed by atoms with Crippen LogP contribution in [0.3, 0.4) is 0 Å². The van der Waals surface area contributed by atoms with Crippen LogP contribution in [-0.2, 0) is 16.1 Å². The molecule has 1 aromatic rings. The van der Waals surface area contributed by atoms with E-state index in [0.717, 1.165) is 5.56 Å². The standard InChI is InChI=1S/C8H10N2O2/c9-4-8(11)12-6-7-2-1-3-10-5-7/h1-3,5H,4,6,9H2. The third kappa shape index (κ3) is 2.67. The second-order valence-corrected chi connectivity index (χ2v) is 2.23. The Kier molecular flexibility index (Phi) is 3.22. The maximum Gasteiger partial charge on any atom is 0.320 e. The maximum absolute atomic E-state index is 10.6. The number of hydrogen-bond acceptors (Lipinski definition) is 4. The van der Waals surface area contributed by atoms with E-state index in [-0.39, 0.29) is 13.2 Å². The fourth-order valence-corrected chi connectivity index (χ4v) is 0.706. The van der Waals surface area contributed by atoms with E-state index < -0.39 is 5.97 Å². The summed E-state index contributed by atoms with van der Waals surface area (Å²) in [6.45, 7) is 0.157. The zero-order valence-corrected chi connectivity index (χ0v) is 6.56. The van der Waals surface area contributed by atoms with Crippen LogP contribution in [0.1, 0.15) is 5.56 Å². The number of pyridine rings is 1. The molecule has 4 nitrogen and oxygen atoms in total. The number of rotatable bonds is 3. The summed E-state index contributed by atoms with van der Waals surface area (Å²) in [5.41, 5.74) is 5.91. The normalized spacial score (nSPS) is 9.42. The molecule has 0 spiro atoms. The first-order valence-corrected chi connectivity index (χ1v) is 3.57. The monoisotopic (exact) mass is 166 g/mol. The average molecular weight is 166 g/mol. The van der Waals surface area contributed by atoms with Crippen molar-refractivity contribution in [3.8, 4) is 0 Å². The largest absolute Gasteiger partial charge is 0.460 e. The van der Waals surface area contributed by atoms with Gasteiger partial charge in [-0.15, -0.1) is 0 Å². The summed E-state index contributed by atoms with van der Waals surface area (Å²) in [7, 11) is 0. The molecule has 0 fully saturated rings. The minimum absolute atomic E-state index is 0.0831. The number of carbonyl (C=O) groups is 1. The zero-order valence-electron chi connectivity index (χ0n) is 6.56. The van der Waals surface area contributed by atoms with E-state index in [0.29, 0.717) is 0 Å². The Balaban J connectivity index is 2.38. The minimum atomic E-state index is -0.404. The number of nitrogens with two attached hydrogens (primary N) is 1. The van der Waals surface area contributed by atoms with Gasteiger partial charge in [0.2, 0.25) is 0 Å². The SMILES string of the molecule is NCC(=O)OCc1cccnc1. The van der Waals surface area contributed by atoms with Gasteiger partial charge in [0.1, 0.15) is 6.61 Å². The lowest BCUT2D eigenvalue weighted by atomic mass is 10.3. The highest BCUT2D eigenvalue weighted by Crippen LogP contribution is 1.97. The molecule has 0 aliphatic heterocycles. The Morgan fingerprint density at radius 3 is 3.08 bits per heavy atom. The van der Waals surface area contributed by atoms with Gasteiger partial charge in [-0.1, -0.05) is 6.07 Å². The van der Waals surface area contributed by atoms with Gasteiger partial charge in [-0.3, -0.25) is 9.78 Å². The smallest absolute Gasteiger partial charge is 0.320 e. The van der Waals surface area contributed by atoms with Crippen molar-refractivity contribution in [2.45, 2.75) is 6.61 Å². The molecule has 0 bridgehead atoms. The average Bonchev–Trinajstić information content (AvgIpc) is 2.16. The summed E-state index contributed by atoms with van der Waals surface area (Å²) in [4.78, 5) is 14.5. The van der Waals surface area contributed by atoms with Crippen molar-refractivity contribution in [1.82, 2.24) is 4.98 Å². The van der Waals surface area contributed by atoms with Crippen molar-refractivity contribution in [1.29, 1.82) is 0 Å². The molecule has 4 heteroatoms. The van der Waals surface area contributed by atoms with Gasteiger partial charge in [-0.2, -0.15) is 0 Å². The van der Waals surface area contributed by atoms with Crippen LogP contribution in [0.15, 0.2) is 24.5 Å². The van der Waals surface area contributed by atoms with Gasteiger partial charge in [0.05, 0.1) is 6.54 Å². The first kappa shape index (κ1) is 8.67. The summed E-state index contributed by atoms with van der Waals surface area (Å²) in [5.74, 6) is -0.404. The molecule has 0 atom stereocenters. The predicted octanol–water partition coefficient (Wildman–Crippen LogP) is 0.0835. The molecule has 2 N–H and O–H groups in total. The summed E-state index contributed by atoms with van der Waals surface area (Å²) in [6.07, 6.45) is 3.30. The highest BCUT2D eigenvalue weighted by atomic mass is 16.5. The molecule has 0 aromatic carbocycles. The molecule has 0 saturated carbocycles. The van der Waals surface area contributed by atoms with Crippen LogP contribution < -0.4 is 5.73 Å². The van der Waals surface area contributed by atoms with E-state index in [4.69, 9.17) is 10.5 Å². The molecule has 1 aromatic heterocycles. The highest BCUT2D eigenvalue weighted by molar-refractivity contribution is 5.71. The first-order chi connectivity index (χ1) is 5.83. The summed E-state index contributed by atoms with van der Waals surface area (Å²) in [6, 6.07) is 3.61. The van der Waals surface area contributed by atoms with E-state index in [9.17, 15) is 4.79 Å². The molecule has 1 rings (SSSR count). The van der Waals surface area contributed by atoms with Gasteiger partial charge in [-0.05, 0) is 6.07 Å². The Labute approximate surface area is 70.4 Å². The van der Waals surface area contributed by atoms with E-state index in [1.807, 2.05) is 6.07 Å². The summed E-state index contributed by atoms with van der Waals surface area (Å²) in [5, 5.41) is 0. The molecular formula is C8H10N2O2. The lowest BCUT2D eigenvalue weighted by Crippen LogP contribution is -2.16. The van der Waals surface area contributed by atoms with Crippen LogP contribution in [0.5, 0.6) is 0 Å². The number of carbonyl (C=O) groups excluding carboxylic acids is 1. The zero-order chi connectivity index (χ0) is 8.81. The molecular weight excluding hydrogens is 156 g/mol. The summed E-state index contributed by atoms with van der Waals surface area (Å²) >= 11 is 0. The molecule has 0 amide bonds. The Bertz CT molecular complexity index is 248. The van der Waals surface area contributed by atoms with Gasteiger partial charge in [0.25, 0.3) is 0 Å². The molecule has 1 heterocycles. The Morgan fingerprint density at radius 2 is 2.50 bits per heavy atom. The van der Waals surface area contributed by atoms with Crippen LogP contribution in [0.4, 0.5) is 0 Å². The third-order valence-corrected chi connectivity index (χ3v) is 1.29. The predicted molar refractivity (Wildman–Crippen MR) is 43.1 cm³/mol. The quantitative estimate of drug-likeness (QED) is 0.646. The van der Waals surface area contributed by atoms with Crippen molar-refractivity contribution in [2.24, 2.45) is 5.73 Å². The molecule has 0 aliphatic rings. The van der Waals surface area contributed by atoms with Gasteiger partial charge in [0, 0.05) is 18.0 Å². The first-order valence-electron chi connectivity index (χ1n) is 3.57. The molecule has 0 saturated heterocycles. The van der Waals surface area contributed by atoms with Crippen LogP contribution >= 0.6 is 0 Å². The van der Waals surface area contributed by atoms with Crippen molar-refractivity contribution < 1.29 is 9.53 Å². The van der Waals surface area contributed by atoms with Crippen LogP contribution in [0.2, 0.25) is 0 Å². The lowest BCUT2D eigenvalue weighted by Gasteiger charge is -2.01. The third-order valence-electron chi connectivity index (χ3n) is 1.29. The van der Waals surface area contributed by atoms with E-state index in [2.05, 4.69) is 4.98 Å². The number of aromatic nitrogens is 1. The van der Waals surface area contributed by atoms with Crippen molar-refractivity contribution in [3.05, 3.63) is 30.1 Å². The topological polar surface area (TPSA) is 65.2 Å². The molecule has 0 unspecified atom stereocenters. The van der Waals surface area contributed by atoms with Gasteiger partial charge < -0.3 is 10.5 Å². The van der Waals surface area contributed by atoms with Crippen molar-refractivity contribution in [2.75, 3.05) is 6.54 Å². The van der Waals surface area contributed by atoms with Crippen LogP contribution in [0, 0.1) is 0 Å². The fourth-order valence-electron chi connectivity index (χ4n) is 0.706. The highest BCUT2D eigenvalue weighted by Gasteiger charge is 1.98. The van der Waals surface area contributed by atoms with Gasteiger partial charge in [-0.25, -0.2) is 0 Å². The fraction of sp³-hybridized carbons (Fsp3) is 0.250. The number of hydrogen-bond donors (Lipinski definition) is 1. The van der Waals surface area contributed by atoms with Crippen molar-refractivity contribution >= 4 is 5.97 Å². The Hall–Kier alpha value is -1.42. The number of ether oxygens (including phenoxy) is 1. The second kappa shape index (κ2) is 4.46. The molecule has 0 aliphatic carbocycles. The van der Waals surface area contributed by atoms with Crippen LogP contribution in [-0.4, -0.2) is 17.5 Å². The lowest BCUT2D eigenvalue weighted by molar-refractivity contribution is -0.143. The van der Waals surface area contributed by atoms with E-state index in [1.54, 1.807) is 18.5 Å². The summed E-state index contributed by atoms with van der Waals surface area (Å²) < 4.78 is 4.77. The molecule has 64 valence electrons. The minimum Gasteiger partial charge on any atom is -0.460 e.